The topological polar surface area (TPSA) is 47.8 Å². The zero-order chi connectivity index (χ0) is 12.3. The van der Waals surface area contributed by atoms with Crippen LogP contribution in [0.1, 0.15) is 29.4 Å². The second-order valence-corrected chi connectivity index (χ2v) is 4.03. The molecule has 2 rings (SSSR count). The predicted molar refractivity (Wildman–Crippen MR) is 65.9 cm³/mol. The fourth-order valence-electron chi connectivity index (χ4n) is 1.78. The minimum Gasteiger partial charge on any atom is -0.296 e. The molecular weight excluding hydrogens is 214 g/mol. The summed E-state index contributed by atoms with van der Waals surface area (Å²) in [6.45, 7) is 4.87. The average Bonchev–Trinajstić information content (AvgIpc) is 2.74. The summed E-state index contributed by atoms with van der Waals surface area (Å²) in [4.78, 5) is 11.0. The van der Waals surface area contributed by atoms with Gasteiger partial charge in [-0.2, -0.15) is 0 Å². The van der Waals surface area contributed by atoms with Gasteiger partial charge in [-0.05, 0) is 13.3 Å². The van der Waals surface area contributed by atoms with Gasteiger partial charge in [-0.1, -0.05) is 42.0 Å². The molecule has 1 heterocycles. The molecule has 0 radical (unpaired) electrons. The van der Waals surface area contributed by atoms with Gasteiger partial charge in [0.05, 0.1) is 5.69 Å². The summed E-state index contributed by atoms with van der Waals surface area (Å²) in [6, 6.07) is 8.03. The van der Waals surface area contributed by atoms with E-state index < -0.39 is 0 Å². The molecule has 17 heavy (non-hydrogen) atoms. The number of carbonyl (C=O) groups excluding carboxylic acids is 1. The van der Waals surface area contributed by atoms with E-state index in [0.717, 1.165) is 30.5 Å². The highest BCUT2D eigenvalue weighted by atomic mass is 16.1. The van der Waals surface area contributed by atoms with Gasteiger partial charge in [-0.25, -0.2) is 4.68 Å². The minimum absolute atomic E-state index is 0.405. The fraction of sp³-hybridized carbons (Fsp3) is 0.308. The number of aryl methyl sites for hydroxylation is 2. The van der Waals surface area contributed by atoms with Crippen LogP contribution in [0.3, 0.4) is 0 Å². The van der Waals surface area contributed by atoms with Crippen LogP contribution in [0, 0.1) is 6.92 Å². The van der Waals surface area contributed by atoms with Crippen LogP contribution in [0.15, 0.2) is 24.3 Å². The predicted octanol–water partition coefficient (Wildman–Crippen LogP) is 2.48. The molecule has 88 valence electrons. The Bertz CT molecular complexity index is 514. The molecule has 0 amide bonds. The smallest absolute Gasteiger partial charge is 0.172 e. The largest absolute Gasteiger partial charge is 0.296 e. The Morgan fingerprint density at radius 3 is 2.59 bits per heavy atom. The standard InChI is InChI=1S/C13H15N3O/c1-3-8-16-13(12(9-17)14-15-16)11-6-4-10(2)5-7-11/h4-7,9H,3,8H2,1-2H3. The van der Waals surface area contributed by atoms with Crippen molar-refractivity contribution in [2.45, 2.75) is 26.8 Å². The minimum atomic E-state index is 0.405. The van der Waals surface area contributed by atoms with Gasteiger partial charge in [-0.3, -0.25) is 4.79 Å². The molecule has 1 aromatic carbocycles. The lowest BCUT2D eigenvalue weighted by Gasteiger charge is -2.05. The van der Waals surface area contributed by atoms with E-state index in [9.17, 15) is 4.79 Å². The van der Waals surface area contributed by atoms with Gasteiger partial charge < -0.3 is 0 Å². The van der Waals surface area contributed by atoms with Crippen molar-refractivity contribution in [3.63, 3.8) is 0 Å². The van der Waals surface area contributed by atoms with Gasteiger partial charge in [0.25, 0.3) is 0 Å². The van der Waals surface area contributed by atoms with Crippen LogP contribution in [0.25, 0.3) is 11.3 Å². The number of nitrogens with zero attached hydrogens (tertiary/aromatic N) is 3. The fourth-order valence-corrected chi connectivity index (χ4v) is 1.78. The molecule has 0 bridgehead atoms. The molecular formula is C13H15N3O. The Morgan fingerprint density at radius 1 is 1.29 bits per heavy atom. The Balaban J connectivity index is 2.51. The van der Waals surface area contributed by atoms with Crippen LogP contribution in [-0.2, 0) is 6.54 Å². The summed E-state index contributed by atoms with van der Waals surface area (Å²) in [7, 11) is 0. The maximum absolute atomic E-state index is 11.0. The van der Waals surface area contributed by atoms with Crippen LogP contribution in [-0.4, -0.2) is 21.3 Å². The quantitative estimate of drug-likeness (QED) is 0.757. The van der Waals surface area contributed by atoms with Crippen molar-refractivity contribution in [1.29, 1.82) is 0 Å². The summed E-state index contributed by atoms with van der Waals surface area (Å²) in [5.74, 6) is 0. The molecule has 0 fully saturated rings. The van der Waals surface area contributed by atoms with Gasteiger partial charge in [0, 0.05) is 12.1 Å². The first kappa shape index (κ1) is 11.5. The molecule has 0 unspecified atom stereocenters. The van der Waals surface area contributed by atoms with Crippen LogP contribution in [0.2, 0.25) is 0 Å². The van der Waals surface area contributed by atoms with Gasteiger partial charge in [-0.15, -0.1) is 5.10 Å². The summed E-state index contributed by atoms with van der Waals surface area (Å²) < 4.78 is 1.79. The van der Waals surface area contributed by atoms with Crippen molar-refractivity contribution in [1.82, 2.24) is 15.0 Å². The Hall–Kier alpha value is -1.97. The van der Waals surface area contributed by atoms with Gasteiger partial charge in [0.2, 0.25) is 0 Å². The second kappa shape index (κ2) is 4.91. The second-order valence-electron chi connectivity index (χ2n) is 4.03. The third-order valence-corrected chi connectivity index (χ3v) is 2.63. The van der Waals surface area contributed by atoms with Crippen LogP contribution >= 0.6 is 0 Å². The van der Waals surface area contributed by atoms with Crippen LogP contribution in [0.4, 0.5) is 0 Å². The molecule has 0 aliphatic rings. The molecule has 4 heteroatoms. The number of carbonyl (C=O) groups is 1. The van der Waals surface area contributed by atoms with E-state index in [-0.39, 0.29) is 0 Å². The summed E-state index contributed by atoms with van der Waals surface area (Å²) in [5.41, 5.74) is 3.39. The molecule has 0 aliphatic carbocycles. The Kier molecular flexibility index (Phi) is 3.32. The highest BCUT2D eigenvalue weighted by Gasteiger charge is 2.13. The van der Waals surface area contributed by atoms with Crippen molar-refractivity contribution >= 4 is 6.29 Å². The summed E-state index contributed by atoms with van der Waals surface area (Å²) in [6.07, 6.45) is 1.72. The van der Waals surface area contributed by atoms with E-state index in [1.165, 1.54) is 5.56 Å². The van der Waals surface area contributed by atoms with E-state index in [1.54, 1.807) is 4.68 Å². The van der Waals surface area contributed by atoms with Crippen molar-refractivity contribution in [2.24, 2.45) is 0 Å². The first-order chi connectivity index (χ1) is 8.26. The number of hydrogen-bond acceptors (Lipinski definition) is 3. The molecule has 0 atom stereocenters. The molecule has 1 aromatic heterocycles. The number of rotatable bonds is 4. The lowest BCUT2D eigenvalue weighted by Crippen LogP contribution is -2.02. The van der Waals surface area contributed by atoms with Crippen molar-refractivity contribution in [3.05, 3.63) is 35.5 Å². The number of benzene rings is 1. The highest BCUT2D eigenvalue weighted by Crippen LogP contribution is 2.21. The Labute approximate surface area is 100 Å². The maximum Gasteiger partial charge on any atom is 0.172 e. The number of aromatic nitrogens is 3. The van der Waals surface area contributed by atoms with Crippen LogP contribution in [0.5, 0.6) is 0 Å². The lowest BCUT2D eigenvalue weighted by atomic mass is 10.1. The zero-order valence-electron chi connectivity index (χ0n) is 10.1. The van der Waals surface area contributed by atoms with Crippen LogP contribution < -0.4 is 0 Å². The number of aldehydes is 1. The monoisotopic (exact) mass is 229 g/mol. The molecule has 0 spiro atoms. The average molecular weight is 229 g/mol. The van der Waals surface area contributed by atoms with E-state index >= 15 is 0 Å². The first-order valence-corrected chi connectivity index (χ1v) is 5.72. The first-order valence-electron chi connectivity index (χ1n) is 5.72. The molecule has 4 nitrogen and oxygen atoms in total. The lowest BCUT2D eigenvalue weighted by molar-refractivity contribution is 0.111. The maximum atomic E-state index is 11.0. The molecule has 0 saturated carbocycles. The van der Waals surface area contributed by atoms with E-state index in [1.807, 2.05) is 31.2 Å². The van der Waals surface area contributed by atoms with E-state index in [2.05, 4.69) is 17.2 Å². The van der Waals surface area contributed by atoms with Gasteiger partial charge >= 0.3 is 0 Å². The number of hydrogen-bond donors (Lipinski definition) is 0. The molecule has 0 saturated heterocycles. The van der Waals surface area contributed by atoms with Crippen molar-refractivity contribution < 1.29 is 4.79 Å². The van der Waals surface area contributed by atoms with Crippen molar-refractivity contribution in [2.75, 3.05) is 0 Å². The molecule has 0 N–H and O–H groups in total. The van der Waals surface area contributed by atoms with Gasteiger partial charge in [0.15, 0.2) is 12.0 Å². The third-order valence-electron chi connectivity index (χ3n) is 2.63. The summed E-state index contributed by atoms with van der Waals surface area (Å²) >= 11 is 0. The van der Waals surface area contributed by atoms with E-state index in [0.29, 0.717) is 5.69 Å². The van der Waals surface area contributed by atoms with E-state index in [4.69, 9.17) is 0 Å². The SMILES string of the molecule is CCCn1nnc(C=O)c1-c1ccc(C)cc1. The third kappa shape index (κ3) is 2.25. The Morgan fingerprint density at radius 2 is 2.00 bits per heavy atom. The highest BCUT2D eigenvalue weighted by molar-refractivity contribution is 5.83. The summed E-state index contributed by atoms with van der Waals surface area (Å²) in [5, 5.41) is 7.91. The van der Waals surface area contributed by atoms with Crippen molar-refractivity contribution in [3.8, 4) is 11.3 Å². The normalized spacial score (nSPS) is 10.5. The molecule has 2 aromatic rings. The van der Waals surface area contributed by atoms with Gasteiger partial charge in [0.1, 0.15) is 0 Å². The molecule has 0 aliphatic heterocycles. The zero-order valence-corrected chi connectivity index (χ0v) is 10.1.